The van der Waals surface area contributed by atoms with Crippen LogP contribution in [-0.4, -0.2) is 19.5 Å². The minimum Gasteiger partial charge on any atom is -0.309 e. The van der Waals surface area contributed by atoms with Crippen LogP contribution in [0.1, 0.15) is 5.56 Å². The molecule has 270 valence electrons. The third-order valence-electron chi connectivity index (χ3n) is 10.9. The van der Waals surface area contributed by atoms with Crippen LogP contribution in [0.5, 0.6) is 0 Å². The lowest BCUT2D eigenvalue weighted by molar-refractivity contribution is 1.07. The fourth-order valence-corrected chi connectivity index (χ4v) is 9.16. The number of para-hydroxylation sites is 2. The Morgan fingerprint density at radius 2 is 0.914 bits per heavy atom. The quantitative estimate of drug-likeness (QED) is 0.169. The Balaban J connectivity index is 1.07. The van der Waals surface area contributed by atoms with E-state index < -0.39 is 0 Å². The van der Waals surface area contributed by atoms with E-state index in [4.69, 9.17) is 15.0 Å². The molecule has 0 aliphatic heterocycles. The minimum absolute atomic E-state index is 0.536. The topological polar surface area (TPSA) is 67.4 Å². The molecule has 0 N–H and O–H groups in total. The van der Waals surface area contributed by atoms with Crippen molar-refractivity contribution >= 4 is 53.3 Å². The first-order valence-electron chi connectivity index (χ1n) is 19.2. The van der Waals surface area contributed by atoms with Crippen molar-refractivity contribution in [3.05, 3.63) is 194 Å². The lowest BCUT2D eigenvalue weighted by Gasteiger charge is -2.16. The molecular weight excluding hydrogens is 727 g/mol. The monoisotopic (exact) mass is 757 g/mol. The second-order valence-corrected chi connectivity index (χ2v) is 15.4. The molecule has 0 spiro atoms. The van der Waals surface area contributed by atoms with Gasteiger partial charge in [0.05, 0.1) is 28.4 Å². The molecule has 0 aliphatic rings. The van der Waals surface area contributed by atoms with Gasteiger partial charge in [-0.2, -0.15) is 5.26 Å². The van der Waals surface area contributed by atoms with Crippen molar-refractivity contribution in [1.82, 2.24) is 19.5 Å². The van der Waals surface area contributed by atoms with Gasteiger partial charge >= 0.3 is 0 Å². The number of aromatic nitrogens is 4. The fourth-order valence-electron chi connectivity index (χ4n) is 8.07. The largest absolute Gasteiger partial charge is 0.309 e. The van der Waals surface area contributed by atoms with Gasteiger partial charge in [0.25, 0.3) is 0 Å². The van der Waals surface area contributed by atoms with E-state index in [0.29, 0.717) is 23.0 Å². The number of nitriles is 1. The summed E-state index contributed by atoms with van der Waals surface area (Å²) in [5.41, 5.74) is 10.9. The molecule has 0 saturated heterocycles. The molecule has 0 radical (unpaired) electrons. The zero-order valence-electron chi connectivity index (χ0n) is 31.0. The summed E-state index contributed by atoms with van der Waals surface area (Å²) in [5.74, 6) is 1.67. The Labute approximate surface area is 338 Å². The van der Waals surface area contributed by atoms with Crippen LogP contribution in [0.4, 0.5) is 0 Å². The van der Waals surface area contributed by atoms with Gasteiger partial charge in [0.15, 0.2) is 17.5 Å². The normalized spacial score (nSPS) is 11.4. The Morgan fingerprint density at radius 3 is 1.59 bits per heavy atom. The molecule has 58 heavy (non-hydrogen) atoms. The summed E-state index contributed by atoms with van der Waals surface area (Å²) in [6.45, 7) is 0. The number of rotatable bonds is 6. The zero-order chi connectivity index (χ0) is 38.6. The molecule has 0 atom stereocenters. The Morgan fingerprint density at radius 1 is 0.397 bits per heavy atom. The van der Waals surface area contributed by atoms with E-state index in [1.165, 1.54) is 30.9 Å². The van der Waals surface area contributed by atoms with E-state index in [0.717, 1.165) is 55.7 Å². The van der Waals surface area contributed by atoms with Crippen molar-refractivity contribution in [2.24, 2.45) is 0 Å². The van der Waals surface area contributed by atoms with Gasteiger partial charge in [0.1, 0.15) is 0 Å². The van der Waals surface area contributed by atoms with Gasteiger partial charge < -0.3 is 4.57 Å². The van der Waals surface area contributed by atoms with Crippen molar-refractivity contribution in [2.45, 2.75) is 0 Å². The second-order valence-electron chi connectivity index (χ2n) is 14.3. The van der Waals surface area contributed by atoms with Crippen LogP contribution >= 0.6 is 11.3 Å². The molecule has 0 amide bonds. The SMILES string of the molecule is N#Cc1ccc(-c2nc(-c3ccc(-c4ccc5sc6ccccc6c5c4)cc3)nc(-c3ccc(-c4ccccc4)c(-n4c5ccccc5c5ccccc54)c3)n2)cc1. The second kappa shape index (κ2) is 13.8. The molecule has 0 fully saturated rings. The Hall–Kier alpha value is -7.72. The molecular formula is C52H31N5S. The average molecular weight is 758 g/mol. The number of nitrogens with zero attached hydrogens (tertiary/aromatic N) is 5. The first-order chi connectivity index (χ1) is 28.7. The molecule has 0 unspecified atom stereocenters. The predicted molar refractivity (Wildman–Crippen MR) is 239 cm³/mol. The maximum atomic E-state index is 9.53. The first-order valence-corrected chi connectivity index (χ1v) is 20.0. The van der Waals surface area contributed by atoms with Gasteiger partial charge in [-0.05, 0) is 77.4 Å². The van der Waals surface area contributed by atoms with E-state index >= 15 is 0 Å². The number of hydrogen-bond donors (Lipinski definition) is 0. The van der Waals surface area contributed by atoms with Crippen LogP contribution in [0.2, 0.25) is 0 Å². The number of fused-ring (bicyclic) bond motifs is 6. The highest BCUT2D eigenvalue weighted by Crippen LogP contribution is 2.39. The summed E-state index contributed by atoms with van der Waals surface area (Å²) in [6.07, 6.45) is 0. The van der Waals surface area contributed by atoms with Crippen molar-refractivity contribution in [3.8, 4) is 68.2 Å². The molecule has 11 aromatic rings. The molecule has 11 rings (SSSR count). The van der Waals surface area contributed by atoms with Crippen LogP contribution in [-0.2, 0) is 0 Å². The van der Waals surface area contributed by atoms with Crippen LogP contribution in [0, 0.1) is 11.3 Å². The van der Waals surface area contributed by atoms with E-state index in [-0.39, 0.29) is 0 Å². The summed E-state index contributed by atoms with van der Waals surface area (Å²) in [6, 6.07) is 67.5. The van der Waals surface area contributed by atoms with Crippen molar-refractivity contribution < 1.29 is 0 Å². The fraction of sp³-hybridized carbons (Fsp3) is 0. The van der Waals surface area contributed by atoms with Gasteiger partial charge in [-0.15, -0.1) is 11.3 Å². The Kier molecular flexibility index (Phi) is 7.99. The Bertz CT molecular complexity index is 3340. The summed E-state index contributed by atoms with van der Waals surface area (Å²) < 4.78 is 4.94. The van der Waals surface area contributed by atoms with Gasteiger partial charge in [-0.3, -0.25) is 0 Å². The van der Waals surface area contributed by atoms with Gasteiger partial charge in [0, 0.05) is 53.2 Å². The minimum atomic E-state index is 0.536. The highest BCUT2D eigenvalue weighted by molar-refractivity contribution is 7.25. The van der Waals surface area contributed by atoms with Crippen molar-refractivity contribution in [3.63, 3.8) is 0 Å². The molecule has 0 saturated carbocycles. The van der Waals surface area contributed by atoms with Crippen LogP contribution < -0.4 is 0 Å². The van der Waals surface area contributed by atoms with Crippen molar-refractivity contribution in [1.29, 1.82) is 5.26 Å². The molecule has 0 aliphatic carbocycles. The maximum absolute atomic E-state index is 9.53. The van der Waals surface area contributed by atoms with Gasteiger partial charge in [0.2, 0.25) is 0 Å². The smallest absolute Gasteiger partial charge is 0.164 e. The lowest BCUT2D eigenvalue weighted by Crippen LogP contribution is -2.02. The van der Waals surface area contributed by atoms with Crippen molar-refractivity contribution in [2.75, 3.05) is 0 Å². The number of benzene rings is 8. The molecule has 8 aromatic carbocycles. The lowest BCUT2D eigenvalue weighted by atomic mass is 10.00. The van der Waals surface area contributed by atoms with Crippen LogP contribution in [0.3, 0.4) is 0 Å². The number of hydrogen-bond acceptors (Lipinski definition) is 5. The summed E-state index contributed by atoms with van der Waals surface area (Å²) in [7, 11) is 0. The summed E-state index contributed by atoms with van der Waals surface area (Å²) >= 11 is 1.83. The number of thiophene rings is 1. The third-order valence-corrected chi connectivity index (χ3v) is 12.1. The highest BCUT2D eigenvalue weighted by atomic mass is 32.1. The molecule has 5 nitrogen and oxygen atoms in total. The maximum Gasteiger partial charge on any atom is 0.164 e. The van der Waals surface area contributed by atoms with E-state index in [9.17, 15) is 5.26 Å². The van der Waals surface area contributed by atoms with E-state index in [2.05, 4.69) is 168 Å². The zero-order valence-corrected chi connectivity index (χ0v) is 31.9. The molecule has 3 aromatic heterocycles. The standard InChI is InChI=1S/C52H31N5S/c53-32-33-18-20-36(21-19-33)50-54-51(37-24-22-34(23-25-37)38-27-29-49-44(30-38)43-14-6-9-17-48(43)58-49)56-52(55-50)39-26-28-40(35-10-2-1-3-11-35)47(31-39)57-45-15-7-4-12-41(45)42-13-5-8-16-46(42)57/h1-31H. The molecule has 0 bridgehead atoms. The van der Waals surface area contributed by atoms with Crippen LogP contribution in [0.15, 0.2) is 188 Å². The highest BCUT2D eigenvalue weighted by Gasteiger charge is 2.19. The van der Waals surface area contributed by atoms with Gasteiger partial charge in [-0.1, -0.05) is 127 Å². The predicted octanol–water partition coefficient (Wildman–Crippen LogP) is 13.5. The summed E-state index contributed by atoms with van der Waals surface area (Å²) in [4.78, 5) is 15.3. The van der Waals surface area contributed by atoms with Gasteiger partial charge in [-0.25, -0.2) is 15.0 Å². The molecule has 3 heterocycles. The van der Waals surface area contributed by atoms with E-state index in [1.807, 2.05) is 29.5 Å². The van der Waals surface area contributed by atoms with Crippen LogP contribution in [0.25, 0.3) is 104 Å². The third kappa shape index (κ3) is 5.73. The first kappa shape index (κ1) is 33.6. The summed E-state index contributed by atoms with van der Waals surface area (Å²) in [5, 5.41) is 14.5. The van der Waals surface area contributed by atoms with E-state index in [1.54, 1.807) is 12.1 Å². The molecule has 6 heteroatoms. The average Bonchev–Trinajstić information content (AvgIpc) is 3.84.